The van der Waals surface area contributed by atoms with Gasteiger partial charge in [-0.2, -0.15) is 0 Å². The Bertz CT molecular complexity index is 733. The molecule has 1 aromatic carbocycles. The average molecular weight is 353 g/mol. The fraction of sp³-hybridized carbons (Fsp3) is 0.591. The summed E-state index contributed by atoms with van der Waals surface area (Å²) in [6.45, 7) is 7.07. The van der Waals surface area contributed by atoms with Crippen molar-refractivity contribution in [2.75, 3.05) is 6.54 Å². The van der Waals surface area contributed by atoms with Gasteiger partial charge in [0, 0.05) is 17.0 Å². The van der Waals surface area contributed by atoms with E-state index < -0.39 is 6.10 Å². The molecule has 3 fully saturated rings. The average Bonchev–Trinajstić information content (AvgIpc) is 2.61. The van der Waals surface area contributed by atoms with Gasteiger partial charge in [-0.05, 0) is 50.7 Å². The second-order valence-corrected chi connectivity index (χ2v) is 8.42. The van der Waals surface area contributed by atoms with Gasteiger partial charge in [-0.25, -0.2) is 0 Å². The number of benzene rings is 1. The second-order valence-electron chi connectivity index (χ2n) is 8.42. The largest absolute Gasteiger partial charge is 0.444 e. The van der Waals surface area contributed by atoms with Gasteiger partial charge < -0.3 is 9.47 Å². The zero-order valence-electron chi connectivity index (χ0n) is 15.8. The number of fused-ring (bicyclic) bond motifs is 2. The van der Waals surface area contributed by atoms with Crippen molar-refractivity contribution in [1.82, 2.24) is 4.90 Å². The van der Waals surface area contributed by atoms with Gasteiger partial charge in [0.05, 0.1) is 12.6 Å². The Kier molecular flexibility index (Phi) is 4.54. The Hall–Kier alpha value is -1.83. The molecule has 26 heavy (non-hydrogen) atoms. The molecule has 0 aromatic heterocycles. The summed E-state index contributed by atoms with van der Waals surface area (Å²) in [6, 6.07) is 9.79. The van der Waals surface area contributed by atoms with E-state index in [4.69, 9.17) is 9.47 Å². The number of cyclic esters (lactones) is 1. The number of hydrogen-bond acceptors (Lipinski definition) is 4. The lowest BCUT2D eigenvalue weighted by molar-refractivity contribution is -0.271. The zero-order valence-corrected chi connectivity index (χ0v) is 15.8. The van der Waals surface area contributed by atoms with Crippen LogP contribution in [0.1, 0.15) is 45.6 Å². The Labute approximate surface area is 155 Å². The molecule has 0 spiro atoms. The minimum absolute atomic E-state index is 0.0974. The van der Waals surface area contributed by atoms with Crippen molar-refractivity contribution in [2.45, 2.75) is 64.0 Å². The molecule has 2 aliphatic heterocycles. The van der Waals surface area contributed by atoms with Crippen molar-refractivity contribution >= 4 is 5.97 Å². The van der Waals surface area contributed by atoms with Crippen LogP contribution in [0.5, 0.6) is 0 Å². The molecule has 0 bridgehead atoms. The summed E-state index contributed by atoms with van der Waals surface area (Å²) in [5.74, 6) is 7.21. The number of morpholine rings is 1. The Morgan fingerprint density at radius 1 is 1.19 bits per heavy atom. The first-order chi connectivity index (χ1) is 12.4. The van der Waals surface area contributed by atoms with Gasteiger partial charge in [0.25, 0.3) is 0 Å². The van der Waals surface area contributed by atoms with E-state index in [1.54, 1.807) is 0 Å². The molecular formula is C22H27NO3. The molecule has 4 rings (SSSR count). The molecular weight excluding hydrogens is 326 g/mol. The molecule has 5 atom stereocenters. The standard InChI is InChI=1S/C22H27NO3/c1-15-9-11-17-19(13-15)26-21-18(12-10-16-7-5-4-6-8-16)25-20(24)14-23(21)22(17,2)3/h4-8,15,17-19,21H,9,11,13-14H2,1-3H3/t15-,17-,18+,19-,21+/m1/s1. The quantitative estimate of drug-likeness (QED) is 0.530. The fourth-order valence-corrected chi connectivity index (χ4v) is 4.76. The lowest BCUT2D eigenvalue weighted by Crippen LogP contribution is -2.70. The van der Waals surface area contributed by atoms with E-state index in [-0.39, 0.29) is 30.4 Å². The topological polar surface area (TPSA) is 38.8 Å². The molecule has 2 saturated heterocycles. The number of carbonyl (C=O) groups is 1. The summed E-state index contributed by atoms with van der Waals surface area (Å²) < 4.78 is 12.1. The van der Waals surface area contributed by atoms with Crippen molar-refractivity contribution in [3.05, 3.63) is 35.9 Å². The SMILES string of the molecule is C[C@@H]1CC[C@@H]2[C@@H](C1)O[C@H]1[C@H](C#Cc3ccccc3)OC(=O)CN1C2(C)C. The van der Waals surface area contributed by atoms with Crippen LogP contribution in [-0.4, -0.2) is 41.4 Å². The molecule has 4 heteroatoms. The molecule has 1 aromatic rings. The third kappa shape index (κ3) is 3.15. The molecule has 0 unspecified atom stereocenters. The molecule has 1 aliphatic carbocycles. The van der Waals surface area contributed by atoms with Crippen LogP contribution < -0.4 is 0 Å². The molecule has 2 heterocycles. The summed E-state index contributed by atoms with van der Waals surface area (Å²) >= 11 is 0. The maximum Gasteiger partial charge on any atom is 0.321 e. The van der Waals surface area contributed by atoms with Crippen molar-refractivity contribution in [3.63, 3.8) is 0 Å². The second kappa shape index (κ2) is 6.72. The number of rotatable bonds is 0. The molecule has 1 saturated carbocycles. The van der Waals surface area contributed by atoms with Crippen LogP contribution >= 0.6 is 0 Å². The van der Waals surface area contributed by atoms with Crippen LogP contribution in [0, 0.1) is 23.7 Å². The Morgan fingerprint density at radius 3 is 2.73 bits per heavy atom. The molecule has 138 valence electrons. The third-order valence-electron chi connectivity index (χ3n) is 6.27. The smallest absolute Gasteiger partial charge is 0.321 e. The zero-order chi connectivity index (χ0) is 18.3. The van der Waals surface area contributed by atoms with Crippen LogP contribution in [-0.2, 0) is 14.3 Å². The highest BCUT2D eigenvalue weighted by molar-refractivity contribution is 5.73. The van der Waals surface area contributed by atoms with Crippen LogP contribution in [0.2, 0.25) is 0 Å². The van der Waals surface area contributed by atoms with Gasteiger partial charge in [0.1, 0.15) is 0 Å². The minimum Gasteiger partial charge on any atom is -0.444 e. The highest BCUT2D eigenvalue weighted by Gasteiger charge is 2.55. The van der Waals surface area contributed by atoms with Crippen LogP contribution in [0.25, 0.3) is 0 Å². The lowest BCUT2D eigenvalue weighted by atomic mass is 9.69. The maximum absolute atomic E-state index is 12.3. The van der Waals surface area contributed by atoms with Crippen LogP contribution in [0.4, 0.5) is 0 Å². The number of nitrogens with zero attached hydrogens (tertiary/aromatic N) is 1. The summed E-state index contributed by atoms with van der Waals surface area (Å²) in [4.78, 5) is 14.4. The van der Waals surface area contributed by atoms with E-state index in [1.807, 2.05) is 30.3 Å². The highest BCUT2D eigenvalue weighted by atomic mass is 16.6. The predicted molar refractivity (Wildman–Crippen MR) is 99.2 cm³/mol. The summed E-state index contributed by atoms with van der Waals surface area (Å²) in [6.07, 6.45) is 2.84. The minimum atomic E-state index is -0.547. The van der Waals surface area contributed by atoms with E-state index >= 15 is 0 Å². The maximum atomic E-state index is 12.3. The van der Waals surface area contributed by atoms with Gasteiger partial charge >= 0.3 is 5.97 Å². The van der Waals surface area contributed by atoms with Crippen molar-refractivity contribution < 1.29 is 14.3 Å². The monoisotopic (exact) mass is 353 g/mol. The summed E-state index contributed by atoms with van der Waals surface area (Å²) in [5, 5.41) is 0. The predicted octanol–water partition coefficient (Wildman–Crippen LogP) is 3.21. The van der Waals surface area contributed by atoms with E-state index in [0.717, 1.165) is 18.4 Å². The number of hydrogen-bond donors (Lipinski definition) is 0. The van der Waals surface area contributed by atoms with E-state index in [1.165, 1.54) is 6.42 Å². The summed E-state index contributed by atoms with van der Waals surface area (Å²) in [5.41, 5.74) is 0.819. The van der Waals surface area contributed by atoms with Gasteiger partial charge in [-0.15, -0.1) is 0 Å². The molecule has 4 nitrogen and oxygen atoms in total. The molecule has 0 radical (unpaired) electrons. The van der Waals surface area contributed by atoms with Gasteiger partial charge in [0.15, 0.2) is 6.23 Å². The van der Waals surface area contributed by atoms with Crippen molar-refractivity contribution in [1.29, 1.82) is 0 Å². The number of carbonyl (C=O) groups excluding carboxylic acids is 1. The first kappa shape index (κ1) is 17.6. The van der Waals surface area contributed by atoms with Crippen molar-refractivity contribution in [3.8, 4) is 11.8 Å². The number of esters is 1. The van der Waals surface area contributed by atoms with Crippen LogP contribution in [0.15, 0.2) is 30.3 Å². The Morgan fingerprint density at radius 2 is 1.96 bits per heavy atom. The fourth-order valence-electron chi connectivity index (χ4n) is 4.76. The normalized spacial score (nSPS) is 36.1. The molecule has 0 N–H and O–H groups in total. The molecule has 0 amide bonds. The summed E-state index contributed by atoms with van der Waals surface area (Å²) in [7, 11) is 0. The Balaban J connectivity index is 1.63. The van der Waals surface area contributed by atoms with Crippen molar-refractivity contribution in [2.24, 2.45) is 11.8 Å². The third-order valence-corrected chi connectivity index (χ3v) is 6.27. The van der Waals surface area contributed by atoms with E-state index in [9.17, 15) is 4.79 Å². The van der Waals surface area contributed by atoms with Gasteiger partial charge in [-0.1, -0.05) is 37.5 Å². The first-order valence-electron chi connectivity index (χ1n) is 9.63. The van der Waals surface area contributed by atoms with E-state index in [2.05, 4.69) is 37.5 Å². The lowest BCUT2D eigenvalue weighted by Gasteiger charge is -2.58. The van der Waals surface area contributed by atoms with E-state index in [0.29, 0.717) is 11.8 Å². The van der Waals surface area contributed by atoms with Crippen LogP contribution in [0.3, 0.4) is 0 Å². The first-order valence-corrected chi connectivity index (χ1v) is 9.63. The molecule has 3 aliphatic rings. The van der Waals surface area contributed by atoms with Gasteiger partial charge in [-0.3, -0.25) is 9.69 Å². The number of ether oxygens (including phenoxy) is 2. The highest BCUT2D eigenvalue weighted by Crippen LogP contribution is 2.46. The van der Waals surface area contributed by atoms with Gasteiger partial charge in [0.2, 0.25) is 6.10 Å².